The molecule has 0 unspecified atom stereocenters. The zero-order valence-corrected chi connectivity index (χ0v) is 15.8. The molecule has 27 heavy (non-hydrogen) atoms. The van der Waals surface area contributed by atoms with Crippen LogP contribution in [-0.4, -0.2) is 17.4 Å². The van der Waals surface area contributed by atoms with Crippen molar-refractivity contribution in [2.75, 3.05) is 6.54 Å². The topological polar surface area (TPSA) is 55.1 Å². The van der Waals surface area contributed by atoms with Crippen molar-refractivity contribution in [3.63, 3.8) is 0 Å². The zero-order valence-electron chi connectivity index (χ0n) is 15.8. The van der Waals surface area contributed by atoms with Gasteiger partial charge < -0.3 is 9.73 Å². The van der Waals surface area contributed by atoms with Gasteiger partial charge >= 0.3 is 0 Å². The van der Waals surface area contributed by atoms with Crippen LogP contribution in [0.25, 0.3) is 11.3 Å². The molecule has 1 N–H and O–H groups in total. The van der Waals surface area contributed by atoms with E-state index in [0.29, 0.717) is 24.1 Å². The standard InChI is InChI=1S/C23H28N2O2/c26-21(6-7-22-24-14-20(27-22)19-4-2-1-3-5-19)25-15-23-11-16-8-17(12-23)10-18(9-16)13-23/h1-5,14,16-18H,6-13,15H2,(H,25,26). The highest BCUT2D eigenvalue weighted by Crippen LogP contribution is 2.59. The number of rotatable bonds is 6. The van der Waals surface area contributed by atoms with Crippen molar-refractivity contribution in [3.05, 3.63) is 42.4 Å². The van der Waals surface area contributed by atoms with Crippen LogP contribution in [-0.2, 0) is 11.2 Å². The molecule has 1 aromatic heterocycles. The first-order valence-corrected chi connectivity index (χ1v) is 10.4. The van der Waals surface area contributed by atoms with E-state index in [0.717, 1.165) is 35.6 Å². The number of hydrogen-bond acceptors (Lipinski definition) is 3. The summed E-state index contributed by atoms with van der Waals surface area (Å²) in [6.07, 6.45) is 11.1. The van der Waals surface area contributed by atoms with Crippen LogP contribution < -0.4 is 5.32 Å². The Hall–Kier alpha value is -2.10. The molecule has 2 aromatic rings. The number of carbonyl (C=O) groups is 1. The van der Waals surface area contributed by atoms with Gasteiger partial charge in [0.15, 0.2) is 11.7 Å². The summed E-state index contributed by atoms with van der Waals surface area (Å²) in [6, 6.07) is 9.95. The van der Waals surface area contributed by atoms with Gasteiger partial charge in [0.05, 0.1) is 6.20 Å². The van der Waals surface area contributed by atoms with Gasteiger partial charge in [-0.05, 0) is 61.7 Å². The van der Waals surface area contributed by atoms with Gasteiger partial charge in [-0.3, -0.25) is 4.79 Å². The van der Waals surface area contributed by atoms with E-state index in [2.05, 4.69) is 10.3 Å². The maximum absolute atomic E-state index is 12.4. The largest absolute Gasteiger partial charge is 0.441 e. The van der Waals surface area contributed by atoms with Crippen LogP contribution in [0.5, 0.6) is 0 Å². The Kier molecular flexibility index (Phi) is 4.30. The van der Waals surface area contributed by atoms with Crippen LogP contribution in [0.4, 0.5) is 0 Å². The van der Waals surface area contributed by atoms with Gasteiger partial charge in [-0.15, -0.1) is 0 Å². The number of benzene rings is 1. The van der Waals surface area contributed by atoms with Crippen molar-refractivity contribution in [2.45, 2.75) is 51.4 Å². The number of oxazole rings is 1. The van der Waals surface area contributed by atoms with Crippen molar-refractivity contribution in [1.82, 2.24) is 10.3 Å². The van der Waals surface area contributed by atoms with E-state index < -0.39 is 0 Å². The number of hydrogen-bond donors (Lipinski definition) is 1. The van der Waals surface area contributed by atoms with Crippen LogP contribution >= 0.6 is 0 Å². The summed E-state index contributed by atoms with van der Waals surface area (Å²) >= 11 is 0. The molecule has 4 fully saturated rings. The molecule has 4 aliphatic carbocycles. The fourth-order valence-electron chi connectivity index (χ4n) is 6.26. The molecule has 1 aromatic carbocycles. The number of carbonyl (C=O) groups excluding carboxylic acids is 1. The summed E-state index contributed by atoms with van der Waals surface area (Å²) in [6.45, 7) is 0.871. The normalized spacial score (nSPS) is 31.2. The molecule has 1 heterocycles. The van der Waals surface area contributed by atoms with E-state index in [4.69, 9.17) is 4.42 Å². The summed E-state index contributed by atoms with van der Waals surface area (Å²) in [5.41, 5.74) is 1.41. The lowest BCUT2D eigenvalue weighted by atomic mass is 9.49. The van der Waals surface area contributed by atoms with Crippen molar-refractivity contribution >= 4 is 5.91 Å². The molecule has 4 saturated carbocycles. The van der Waals surface area contributed by atoms with E-state index in [9.17, 15) is 4.79 Å². The van der Waals surface area contributed by atoms with Crippen molar-refractivity contribution in [2.24, 2.45) is 23.2 Å². The fraction of sp³-hybridized carbons (Fsp3) is 0.565. The maximum Gasteiger partial charge on any atom is 0.220 e. The van der Waals surface area contributed by atoms with E-state index in [-0.39, 0.29) is 5.91 Å². The Morgan fingerprint density at radius 1 is 1.07 bits per heavy atom. The lowest BCUT2D eigenvalue weighted by molar-refractivity contribution is -0.123. The molecule has 4 bridgehead atoms. The highest BCUT2D eigenvalue weighted by atomic mass is 16.4. The minimum atomic E-state index is 0.130. The molecule has 0 radical (unpaired) electrons. The first-order valence-electron chi connectivity index (χ1n) is 10.4. The number of aromatic nitrogens is 1. The van der Waals surface area contributed by atoms with Crippen LogP contribution in [0, 0.1) is 23.2 Å². The van der Waals surface area contributed by atoms with Gasteiger partial charge in [-0.25, -0.2) is 4.98 Å². The number of nitrogens with zero attached hydrogens (tertiary/aromatic N) is 1. The van der Waals surface area contributed by atoms with Gasteiger partial charge in [0.2, 0.25) is 5.91 Å². The summed E-state index contributed by atoms with van der Waals surface area (Å²) in [5, 5.41) is 3.24. The third kappa shape index (κ3) is 3.54. The molecule has 0 aliphatic heterocycles. The van der Waals surface area contributed by atoms with Crippen LogP contribution in [0.3, 0.4) is 0 Å². The maximum atomic E-state index is 12.4. The molecule has 142 valence electrons. The highest BCUT2D eigenvalue weighted by molar-refractivity contribution is 5.76. The van der Waals surface area contributed by atoms with E-state index in [1.165, 1.54) is 38.5 Å². The molecule has 1 amide bonds. The average Bonchev–Trinajstić information content (AvgIpc) is 3.14. The highest BCUT2D eigenvalue weighted by Gasteiger charge is 2.50. The Morgan fingerprint density at radius 2 is 1.74 bits per heavy atom. The fourth-order valence-corrected chi connectivity index (χ4v) is 6.26. The molecule has 4 nitrogen and oxygen atoms in total. The second-order valence-electron chi connectivity index (χ2n) is 9.18. The summed E-state index contributed by atoms with van der Waals surface area (Å²) in [4.78, 5) is 16.7. The number of aryl methyl sites for hydroxylation is 1. The minimum absolute atomic E-state index is 0.130. The van der Waals surface area contributed by atoms with Gasteiger partial charge in [-0.2, -0.15) is 0 Å². The summed E-state index contributed by atoms with van der Waals surface area (Å²) in [5.74, 6) is 4.31. The SMILES string of the molecule is O=C(CCc1ncc(-c2ccccc2)o1)NCC12CC3CC(CC(C3)C1)C2. The molecule has 0 spiro atoms. The third-order valence-electron chi connectivity index (χ3n) is 7.00. The number of amides is 1. The lowest BCUT2D eigenvalue weighted by Crippen LogP contribution is -2.51. The zero-order chi connectivity index (χ0) is 18.3. The second-order valence-corrected chi connectivity index (χ2v) is 9.18. The smallest absolute Gasteiger partial charge is 0.220 e. The Balaban J connectivity index is 1.13. The first-order chi connectivity index (χ1) is 13.2. The predicted octanol–water partition coefficient (Wildman–Crippen LogP) is 4.61. The Morgan fingerprint density at radius 3 is 2.41 bits per heavy atom. The minimum Gasteiger partial charge on any atom is -0.441 e. The first kappa shape index (κ1) is 17.0. The molecule has 4 aliphatic rings. The van der Waals surface area contributed by atoms with Gasteiger partial charge in [-0.1, -0.05) is 30.3 Å². The number of nitrogens with one attached hydrogen (secondary N) is 1. The lowest BCUT2D eigenvalue weighted by Gasteiger charge is -2.56. The monoisotopic (exact) mass is 364 g/mol. The van der Waals surface area contributed by atoms with Gasteiger partial charge in [0.1, 0.15) is 0 Å². The third-order valence-corrected chi connectivity index (χ3v) is 7.00. The van der Waals surface area contributed by atoms with Crippen LogP contribution in [0.15, 0.2) is 40.9 Å². The van der Waals surface area contributed by atoms with Crippen LogP contribution in [0.1, 0.15) is 50.8 Å². The Labute approximate surface area is 160 Å². The molecule has 6 rings (SSSR count). The predicted molar refractivity (Wildman–Crippen MR) is 104 cm³/mol. The van der Waals surface area contributed by atoms with Crippen molar-refractivity contribution in [3.8, 4) is 11.3 Å². The molecular weight excluding hydrogens is 336 g/mol. The molecular formula is C23H28N2O2. The van der Waals surface area contributed by atoms with Crippen LogP contribution in [0.2, 0.25) is 0 Å². The summed E-state index contributed by atoms with van der Waals surface area (Å²) in [7, 11) is 0. The average molecular weight is 364 g/mol. The van der Waals surface area contributed by atoms with E-state index in [1.54, 1.807) is 6.20 Å². The van der Waals surface area contributed by atoms with Gasteiger partial charge in [0, 0.05) is 24.9 Å². The van der Waals surface area contributed by atoms with Gasteiger partial charge in [0.25, 0.3) is 0 Å². The molecule has 0 atom stereocenters. The van der Waals surface area contributed by atoms with E-state index >= 15 is 0 Å². The van der Waals surface area contributed by atoms with Crippen molar-refractivity contribution < 1.29 is 9.21 Å². The quantitative estimate of drug-likeness (QED) is 0.814. The Bertz CT molecular complexity index is 776. The second kappa shape index (κ2) is 6.81. The van der Waals surface area contributed by atoms with E-state index in [1.807, 2.05) is 30.3 Å². The molecule has 0 saturated heterocycles. The molecule has 4 heteroatoms. The van der Waals surface area contributed by atoms with Crippen molar-refractivity contribution in [1.29, 1.82) is 0 Å². The summed E-state index contributed by atoms with van der Waals surface area (Å²) < 4.78 is 5.81.